The molecule has 1 heterocycles. The summed E-state index contributed by atoms with van der Waals surface area (Å²) in [4.78, 5) is 0.278. The van der Waals surface area contributed by atoms with Crippen molar-refractivity contribution in [1.82, 2.24) is 3.97 Å². The maximum Gasteiger partial charge on any atom is 0.268 e. The molecule has 0 N–H and O–H groups in total. The summed E-state index contributed by atoms with van der Waals surface area (Å²) in [6, 6.07) is 14.2. The lowest BCUT2D eigenvalue weighted by molar-refractivity contribution is 0.589. The van der Waals surface area contributed by atoms with Crippen LogP contribution in [0.5, 0.6) is 0 Å². The molecule has 0 fully saturated rings. The van der Waals surface area contributed by atoms with E-state index < -0.39 is 10.0 Å². The van der Waals surface area contributed by atoms with Gasteiger partial charge in [-0.1, -0.05) is 28.1 Å². The number of nitrogens with zero attached hydrogens (tertiary/aromatic N) is 1. The summed E-state index contributed by atoms with van der Waals surface area (Å²) in [5.74, 6) is 0. The second kappa shape index (κ2) is 4.75. The first-order chi connectivity index (χ1) is 9.48. The van der Waals surface area contributed by atoms with E-state index in [2.05, 4.69) is 15.9 Å². The standard InChI is InChI=1S/C15H12BrNO2S/c1-11-2-3-12-8-9-17(15(12)10-11)20(18,19)14-6-4-13(16)5-7-14/h2-10H,1H3. The van der Waals surface area contributed by atoms with Gasteiger partial charge < -0.3 is 0 Å². The van der Waals surface area contributed by atoms with Crippen LogP contribution in [0, 0.1) is 6.92 Å². The van der Waals surface area contributed by atoms with Crippen molar-refractivity contribution in [3.05, 3.63) is 64.8 Å². The van der Waals surface area contributed by atoms with Gasteiger partial charge in [-0.25, -0.2) is 12.4 Å². The van der Waals surface area contributed by atoms with E-state index in [1.54, 1.807) is 30.5 Å². The summed E-state index contributed by atoms with van der Waals surface area (Å²) >= 11 is 3.31. The second-order valence-corrected chi connectivity index (χ2v) is 7.36. The van der Waals surface area contributed by atoms with Crippen LogP contribution in [0.3, 0.4) is 0 Å². The van der Waals surface area contributed by atoms with Crippen LogP contribution in [0.1, 0.15) is 5.56 Å². The highest BCUT2D eigenvalue weighted by Crippen LogP contribution is 2.24. The zero-order valence-electron chi connectivity index (χ0n) is 10.7. The van der Waals surface area contributed by atoms with Gasteiger partial charge >= 0.3 is 0 Å². The predicted octanol–water partition coefficient (Wildman–Crippen LogP) is 3.95. The maximum atomic E-state index is 12.7. The van der Waals surface area contributed by atoms with Crippen LogP contribution in [0.15, 0.2) is 64.1 Å². The molecule has 3 nitrogen and oxygen atoms in total. The average Bonchev–Trinajstić information content (AvgIpc) is 2.82. The number of halogens is 1. The Labute approximate surface area is 126 Å². The molecule has 102 valence electrons. The normalized spacial score (nSPS) is 11.9. The van der Waals surface area contributed by atoms with Gasteiger partial charge in [0.1, 0.15) is 0 Å². The van der Waals surface area contributed by atoms with Crippen molar-refractivity contribution in [3.8, 4) is 0 Å². The molecule has 3 aromatic rings. The molecule has 0 amide bonds. The largest absolute Gasteiger partial charge is 0.268 e. The van der Waals surface area contributed by atoms with Crippen LogP contribution in [-0.2, 0) is 10.0 Å². The molecule has 1 aromatic heterocycles. The first-order valence-corrected chi connectivity index (χ1v) is 8.31. The lowest BCUT2D eigenvalue weighted by Gasteiger charge is -2.08. The van der Waals surface area contributed by atoms with E-state index in [4.69, 9.17) is 0 Å². The topological polar surface area (TPSA) is 39.1 Å². The first-order valence-electron chi connectivity index (χ1n) is 6.07. The third-order valence-corrected chi connectivity index (χ3v) is 5.42. The number of rotatable bonds is 2. The first kappa shape index (κ1) is 13.4. The van der Waals surface area contributed by atoms with Crippen molar-refractivity contribution in [3.63, 3.8) is 0 Å². The van der Waals surface area contributed by atoms with E-state index in [0.717, 1.165) is 15.4 Å². The predicted molar refractivity (Wildman–Crippen MR) is 83.4 cm³/mol. The highest BCUT2D eigenvalue weighted by atomic mass is 79.9. The lowest BCUT2D eigenvalue weighted by Crippen LogP contribution is -2.11. The fraction of sp³-hybridized carbons (Fsp3) is 0.0667. The van der Waals surface area contributed by atoms with Gasteiger partial charge in [-0.05, 0) is 48.9 Å². The second-order valence-electron chi connectivity index (χ2n) is 4.63. The number of aromatic nitrogens is 1. The van der Waals surface area contributed by atoms with Gasteiger partial charge in [-0.3, -0.25) is 0 Å². The third kappa shape index (κ3) is 2.17. The number of hydrogen-bond donors (Lipinski definition) is 0. The SMILES string of the molecule is Cc1ccc2ccn(S(=O)(=O)c3ccc(Br)cc3)c2c1. The Morgan fingerprint density at radius 1 is 1.00 bits per heavy atom. The Morgan fingerprint density at radius 3 is 2.40 bits per heavy atom. The van der Waals surface area contributed by atoms with Gasteiger partial charge in [-0.2, -0.15) is 0 Å². The summed E-state index contributed by atoms with van der Waals surface area (Å²) in [7, 11) is -3.56. The number of benzene rings is 2. The molecule has 0 radical (unpaired) electrons. The van der Waals surface area contributed by atoms with Crippen molar-refractivity contribution >= 4 is 36.9 Å². The van der Waals surface area contributed by atoms with Crippen molar-refractivity contribution < 1.29 is 8.42 Å². The lowest BCUT2D eigenvalue weighted by atomic mass is 10.2. The van der Waals surface area contributed by atoms with Gasteiger partial charge in [0.2, 0.25) is 0 Å². The Hall–Kier alpha value is -1.59. The van der Waals surface area contributed by atoms with E-state index in [1.165, 1.54) is 3.97 Å². The molecule has 5 heteroatoms. The van der Waals surface area contributed by atoms with E-state index in [0.29, 0.717) is 5.52 Å². The minimum Gasteiger partial charge on any atom is -0.241 e. The van der Waals surface area contributed by atoms with Crippen LogP contribution < -0.4 is 0 Å². The molecule has 0 bridgehead atoms. The van der Waals surface area contributed by atoms with Gasteiger partial charge in [0.15, 0.2) is 0 Å². The van der Waals surface area contributed by atoms with Crippen LogP contribution in [-0.4, -0.2) is 12.4 Å². The Balaban J connectivity index is 2.23. The Kier molecular flexibility index (Phi) is 3.18. The van der Waals surface area contributed by atoms with Crippen LogP contribution in [0.4, 0.5) is 0 Å². The van der Waals surface area contributed by atoms with Gasteiger partial charge in [-0.15, -0.1) is 0 Å². The highest BCUT2D eigenvalue weighted by molar-refractivity contribution is 9.10. The number of hydrogen-bond acceptors (Lipinski definition) is 2. The molecule has 20 heavy (non-hydrogen) atoms. The molecule has 0 aliphatic heterocycles. The van der Waals surface area contributed by atoms with Crippen molar-refractivity contribution in [2.75, 3.05) is 0 Å². The maximum absolute atomic E-state index is 12.7. The highest BCUT2D eigenvalue weighted by Gasteiger charge is 2.18. The quantitative estimate of drug-likeness (QED) is 0.702. The van der Waals surface area contributed by atoms with E-state index in [1.807, 2.05) is 31.2 Å². The van der Waals surface area contributed by atoms with Crippen LogP contribution >= 0.6 is 15.9 Å². The molecule has 3 rings (SSSR count). The summed E-state index contributed by atoms with van der Waals surface area (Å²) in [5, 5.41) is 0.913. The monoisotopic (exact) mass is 349 g/mol. The van der Waals surface area contributed by atoms with E-state index in [-0.39, 0.29) is 4.90 Å². The average molecular weight is 350 g/mol. The summed E-state index contributed by atoms with van der Waals surface area (Å²) in [6.45, 7) is 1.95. The van der Waals surface area contributed by atoms with Gasteiger partial charge in [0, 0.05) is 16.1 Å². The molecule has 0 aliphatic rings. The Morgan fingerprint density at radius 2 is 1.70 bits per heavy atom. The molecular formula is C15H12BrNO2S. The van der Waals surface area contributed by atoms with Crippen LogP contribution in [0.25, 0.3) is 10.9 Å². The van der Waals surface area contributed by atoms with E-state index >= 15 is 0 Å². The van der Waals surface area contributed by atoms with Crippen LogP contribution in [0.2, 0.25) is 0 Å². The molecule has 0 saturated heterocycles. The Bertz CT molecular complexity index is 880. The zero-order valence-corrected chi connectivity index (χ0v) is 13.1. The number of fused-ring (bicyclic) bond motifs is 1. The van der Waals surface area contributed by atoms with Crippen molar-refractivity contribution in [2.24, 2.45) is 0 Å². The van der Waals surface area contributed by atoms with Crippen molar-refractivity contribution in [1.29, 1.82) is 0 Å². The van der Waals surface area contributed by atoms with Gasteiger partial charge in [0.25, 0.3) is 10.0 Å². The minimum absolute atomic E-state index is 0.278. The van der Waals surface area contributed by atoms with Crippen molar-refractivity contribution in [2.45, 2.75) is 11.8 Å². The molecule has 2 aromatic carbocycles. The minimum atomic E-state index is -3.56. The molecule has 0 saturated carbocycles. The molecule has 0 spiro atoms. The number of aryl methyl sites for hydroxylation is 1. The van der Waals surface area contributed by atoms with E-state index in [9.17, 15) is 8.42 Å². The summed E-state index contributed by atoms with van der Waals surface area (Å²) in [6.07, 6.45) is 1.60. The van der Waals surface area contributed by atoms with Gasteiger partial charge in [0.05, 0.1) is 10.4 Å². The molecule has 0 unspecified atom stereocenters. The summed E-state index contributed by atoms with van der Waals surface area (Å²) < 4.78 is 27.5. The smallest absolute Gasteiger partial charge is 0.241 e. The molecular weight excluding hydrogens is 338 g/mol. The molecule has 0 aliphatic carbocycles. The molecule has 0 atom stereocenters. The summed E-state index contributed by atoms with van der Waals surface area (Å²) in [5.41, 5.74) is 1.73. The fourth-order valence-electron chi connectivity index (χ4n) is 2.14. The zero-order chi connectivity index (χ0) is 14.3. The fourth-order valence-corrected chi connectivity index (χ4v) is 3.75. The third-order valence-electron chi connectivity index (χ3n) is 3.18.